The normalized spacial score (nSPS) is 21.6. The number of hydrogen-bond donors (Lipinski definition) is 2. The van der Waals surface area contributed by atoms with Gasteiger partial charge in [0.2, 0.25) is 5.91 Å². The summed E-state index contributed by atoms with van der Waals surface area (Å²) in [6.45, 7) is 4.35. The van der Waals surface area contributed by atoms with E-state index in [1.54, 1.807) is 0 Å². The number of amides is 1. The van der Waals surface area contributed by atoms with E-state index in [4.69, 9.17) is 5.73 Å². The molecule has 0 aromatic heterocycles. The van der Waals surface area contributed by atoms with E-state index in [0.717, 1.165) is 19.3 Å². The first kappa shape index (κ1) is 9.52. The fourth-order valence-corrected chi connectivity index (χ4v) is 0.985. The van der Waals surface area contributed by atoms with Gasteiger partial charge in [-0.15, -0.1) is 0 Å². The Hall–Kier alpha value is -0.570. The highest BCUT2D eigenvalue weighted by atomic mass is 16.2. The van der Waals surface area contributed by atoms with Crippen molar-refractivity contribution < 1.29 is 4.79 Å². The molecule has 0 aliphatic heterocycles. The first-order chi connectivity index (χ1) is 5.62. The maximum atomic E-state index is 11.6. The highest BCUT2D eigenvalue weighted by molar-refractivity contribution is 5.82. The average Bonchev–Trinajstić information content (AvgIpc) is 2.86. The van der Waals surface area contributed by atoms with Crippen molar-refractivity contribution >= 4 is 5.91 Å². The summed E-state index contributed by atoms with van der Waals surface area (Å²) >= 11 is 0. The molecule has 1 aliphatic rings. The van der Waals surface area contributed by atoms with Crippen LogP contribution in [0.1, 0.15) is 33.1 Å². The first-order valence-electron chi connectivity index (χ1n) is 4.63. The van der Waals surface area contributed by atoms with E-state index in [1.165, 1.54) is 0 Å². The van der Waals surface area contributed by atoms with Crippen LogP contribution in [0.2, 0.25) is 0 Å². The lowest BCUT2D eigenvalue weighted by Crippen LogP contribution is -2.44. The Morgan fingerprint density at radius 2 is 2.25 bits per heavy atom. The van der Waals surface area contributed by atoms with Crippen LogP contribution in [0.4, 0.5) is 0 Å². The van der Waals surface area contributed by atoms with Crippen molar-refractivity contribution in [1.82, 2.24) is 5.32 Å². The summed E-state index contributed by atoms with van der Waals surface area (Å²) in [5.41, 5.74) is 5.20. The molecule has 0 aromatic carbocycles. The Bertz CT molecular complexity index is 171. The molecule has 1 aliphatic carbocycles. The zero-order chi connectivity index (χ0) is 9.19. The van der Waals surface area contributed by atoms with Gasteiger partial charge in [-0.05, 0) is 26.2 Å². The van der Waals surface area contributed by atoms with Crippen LogP contribution in [-0.4, -0.2) is 18.5 Å². The summed E-state index contributed by atoms with van der Waals surface area (Å²) in [6, 6.07) is 0.440. The molecule has 0 saturated heterocycles. The van der Waals surface area contributed by atoms with Crippen molar-refractivity contribution in [2.45, 2.75) is 39.2 Å². The summed E-state index contributed by atoms with van der Waals surface area (Å²) in [6.07, 6.45) is 3.08. The molecule has 3 heteroatoms. The molecule has 1 unspecified atom stereocenters. The molecule has 1 fully saturated rings. The summed E-state index contributed by atoms with van der Waals surface area (Å²) in [5, 5.41) is 2.98. The number of hydrogen-bond acceptors (Lipinski definition) is 2. The monoisotopic (exact) mass is 170 g/mol. The largest absolute Gasteiger partial charge is 0.353 e. The Balaban J connectivity index is 2.45. The Morgan fingerprint density at radius 3 is 2.58 bits per heavy atom. The van der Waals surface area contributed by atoms with Crippen molar-refractivity contribution in [1.29, 1.82) is 0 Å². The molecule has 3 nitrogen and oxygen atoms in total. The quantitative estimate of drug-likeness (QED) is 0.650. The third-order valence-corrected chi connectivity index (χ3v) is 2.69. The van der Waals surface area contributed by atoms with Crippen molar-refractivity contribution in [2.75, 3.05) is 6.54 Å². The predicted octanol–water partition coefficient (Wildman–Crippen LogP) is 0.640. The maximum absolute atomic E-state index is 11.6. The summed E-state index contributed by atoms with van der Waals surface area (Å²) in [7, 11) is 0. The van der Waals surface area contributed by atoms with E-state index in [2.05, 4.69) is 5.32 Å². The van der Waals surface area contributed by atoms with E-state index in [1.807, 2.05) is 13.8 Å². The molecule has 0 aromatic rings. The van der Waals surface area contributed by atoms with Gasteiger partial charge in [-0.1, -0.05) is 6.92 Å². The van der Waals surface area contributed by atoms with Crippen LogP contribution in [0, 0.1) is 5.41 Å². The molecule has 12 heavy (non-hydrogen) atoms. The molecular weight excluding hydrogens is 152 g/mol. The SMILES string of the molecule is CCC(C)(CN)C(=O)NC1CC1. The Morgan fingerprint density at radius 1 is 1.67 bits per heavy atom. The van der Waals surface area contributed by atoms with Crippen molar-refractivity contribution in [3.63, 3.8) is 0 Å². The zero-order valence-corrected chi connectivity index (χ0v) is 7.89. The number of nitrogens with one attached hydrogen (secondary N) is 1. The van der Waals surface area contributed by atoms with Gasteiger partial charge in [0.25, 0.3) is 0 Å². The number of nitrogens with two attached hydrogens (primary N) is 1. The molecule has 0 heterocycles. The van der Waals surface area contributed by atoms with Crippen LogP contribution >= 0.6 is 0 Å². The Labute approximate surface area is 73.7 Å². The minimum atomic E-state index is -0.359. The molecule has 0 spiro atoms. The van der Waals surface area contributed by atoms with Gasteiger partial charge in [0.05, 0.1) is 5.41 Å². The van der Waals surface area contributed by atoms with Crippen LogP contribution in [0.3, 0.4) is 0 Å². The van der Waals surface area contributed by atoms with Gasteiger partial charge >= 0.3 is 0 Å². The summed E-state index contributed by atoms with van der Waals surface area (Å²) < 4.78 is 0. The van der Waals surface area contributed by atoms with Crippen LogP contribution in [0.5, 0.6) is 0 Å². The van der Waals surface area contributed by atoms with Crippen molar-refractivity contribution in [3.8, 4) is 0 Å². The van der Waals surface area contributed by atoms with Gasteiger partial charge < -0.3 is 11.1 Å². The standard InChI is InChI=1S/C9H18N2O/c1-3-9(2,6-10)8(12)11-7-4-5-7/h7H,3-6,10H2,1-2H3,(H,11,12). The minimum Gasteiger partial charge on any atom is -0.353 e. The lowest BCUT2D eigenvalue weighted by Gasteiger charge is -2.24. The van der Waals surface area contributed by atoms with Gasteiger partial charge in [-0.3, -0.25) is 4.79 Å². The van der Waals surface area contributed by atoms with Crippen molar-refractivity contribution in [3.05, 3.63) is 0 Å². The van der Waals surface area contributed by atoms with Crippen LogP contribution in [0.25, 0.3) is 0 Å². The van der Waals surface area contributed by atoms with Gasteiger partial charge in [-0.2, -0.15) is 0 Å². The third kappa shape index (κ3) is 1.97. The molecule has 1 saturated carbocycles. The molecule has 1 atom stereocenters. The predicted molar refractivity (Wildman–Crippen MR) is 48.6 cm³/mol. The summed E-state index contributed by atoms with van der Waals surface area (Å²) in [5.74, 6) is 0.120. The van der Waals surface area contributed by atoms with Gasteiger partial charge in [0.15, 0.2) is 0 Å². The smallest absolute Gasteiger partial charge is 0.227 e. The first-order valence-corrected chi connectivity index (χ1v) is 4.63. The highest BCUT2D eigenvalue weighted by Crippen LogP contribution is 2.24. The molecule has 0 bridgehead atoms. The van der Waals surface area contributed by atoms with E-state index in [9.17, 15) is 4.79 Å². The van der Waals surface area contributed by atoms with Gasteiger partial charge in [-0.25, -0.2) is 0 Å². The third-order valence-electron chi connectivity index (χ3n) is 2.69. The molecule has 0 radical (unpaired) electrons. The minimum absolute atomic E-state index is 0.120. The lowest BCUT2D eigenvalue weighted by molar-refractivity contribution is -0.130. The second kappa shape index (κ2) is 3.44. The fourth-order valence-electron chi connectivity index (χ4n) is 0.985. The summed E-state index contributed by atoms with van der Waals surface area (Å²) in [4.78, 5) is 11.6. The van der Waals surface area contributed by atoms with E-state index in [0.29, 0.717) is 12.6 Å². The van der Waals surface area contributed by atoms with E-state index in [-0.39, 0.29) is 11.3 Å². The zero-order valence-electron chi connectivity index (χ0n) is 7.89. The number of carbonyl (C=O) groups is 1. The van der Waals surface area contributed by atoms with Gasteiger partial charge in [0.1, 0.15) is 0 Å². The van der Waals surface area contributed by atoms with Crippen LogP contribution < -0.4 is 11.1 Å². The fraction of sp³-hybridized carbons (Fsp3) is 0.889. The topological polar surface area (TPSA) is 55.1 Å². The van der Waals surface area contributed by atoms with E-state index >= 15 is 0 Å². The van der Waals surface area contributed by atoms with E-state index < -0.39 is 0 Å². The molecule has 3 N–H and O–H groups in total. The molecule has 1 amide bonds. The van der Waals surface area contributed by atoms with Crippen LogP contribution in [-0.2, 0) is 4.79 Å². The highest BCUT2D eigenvalue weighted by Gasteiger charge is 2.33. The number of rotatable bonds is 4. The number of carbonyl (C=O) groups excluding carboxylic acids is 1. The lowest BCUT2D eigenvalue weighted by atomic mass is 9.87. The second-order valence-electron chi connectivity index (χ2n) is 3.87. The van der Waals surface area contributed by atoms with Crippen LogP contribution in [0.15, 0.2) is 0 Å². The molecule has 1 rings (SSSR count). The average molecular weight is 170 g/mol. The maximum Gasteiger partial charge on any atom is 0.227 e. The van der Waals surface area contributed by atoms with Crippen molar-refractivity contribution in [2.24, 2.45) is 11.1 Å². The Kier molecular flexibility index (Phi) is 2.73. The molecular formula is C9H18N2O. The molecule has 70 valence electrons. The van der Waals surface area contributed by atoms with Gasteiger partial charge in [0, 0.05) is 12.6 Å². The second-order valence-corrected chi connectivity index (χ2v) is 3.87.